The van der Waals surface area contributed by atoms with Crippen molar-refractivity contribution in [3.8, 4) is 0 Å². The maximum atomic E-state index is 12.6. The summed E-state index contributed by atoms with van der Waals surface area (Å²) in [5, 5.41) is 0. The molecule has 1 aliphatic heterocycles. The van der Waals surface area contributed by atoms with Crippen molar-refractivity contribution in [3.05, 3.63) is 28.2 Å². The van der Waals surface area contributed by atoms with Crippen LogP contribution in [-0.2, 0) is 19.6 Å². The molecular weight excluding hydrogens is 346 g/mol. The molecule has 1 heterocycles. The molecule has 1 unspecified atom stereocenters. The number of carbonyl (C=O) groups is 1. The second kappa shape index (κ2) is 5.83. The topological polar surface area (TPSA) is 63.7 Å². The van der Waals surface area contributed by atoms with Gasteiger partial charge in [0.15, 0.2) is 0 Å². The van der Waals surface area contributed by atoms with Gasteiger partial charge in [-0.15, -0.1) is 0 Å². The molecule has 1 aromatic rings. The normalized spacial score (nSPS) is 20.1. The summed E-state index contributed by atoms with van der Waals surface area (Å²) >= 11 is 3.34. The van der Waals surface area contributed by atoms with Crippen LogP contribution in [0.3, 0.4) is 0 Å². The Balaban J connectivity index is 2.38. The van der Waals surface area contributed by atoms with E-state index in [1.165, 1.54) is 11.4 Å². The number of hydrogen-bond donors (Lipinski definition) is 0. The van der Waals surface area contributed by atoms with Gasteiger partial charge in [0.05, 0.1) is 12.0 Å². The molecule has 0 amide bonds. The first-order valence-electron chi connectivity index (χ1n) is 6.23. The minimum absolute atomic E-state index is 0.203. The highest BCUT2D eigenvalue weighted by Crippen LogP contribution is 2.28. The smallest absolute Gasteiger partial charge is 0.324 e. The van der Waals surface area contributed by atoms with E-state index in [-0.39, 0.29) is 4.90 Å². The van der Waals surface area contributed by atoms with Crippen molar-refractivity contribution >= 4 is 31.9 Å². The van der Waals surface area contributed by atoms with E-state index in [1.54, 1.807) is 18.2 Å². The molecule has 0 aliphatic carbocycles. The summed E-state index contributed by atoms with van der Waals surface area (Å²) in [7, 11) is -2.40. The van der Waals surface area contributed by atoms with Crippen LogP contribution in [-0.4, -0.2) is 38.4 Å². The number of esters is 1. The lowest BCUT2D eigenvalue weighted by Gasteiger charge is -2.22. The number of rotatable bonds is 3. The number of halogens is 1. The molecule has 0 aromatic heterocycles. The lowest BCUT2D eigenvalue weighted by molar-refractivity contribution is -0.144. The first-order valence-corrected chi connectivity index (χ1v) is 8.47. The summed E-state index contributed by atoms with van der Waals surface area (Å²) in [5.74, 6) is -0.500. The van der Waals surface area contributed by atoms with E-state index in [9.17, 15) is 13.2 Å². The van der Waals surface area contributed by atoms with Crippen LogP contribution in [0.4, 0.5) is 0 Å². The van der Waals surface area contributed by atoms with E-state index in [4.69, 9.17) is 0 Å². The molecule has 5 nitrogen and oxygen atoms in total. The predicted molar refractivity (Wildman–Crippen MR) is 77.8 cm³/mol. The SMILES string of the molecule is COC(=O)C1CCCN1S(=O)(=O)c1ccc(Br)c(C)c1. The molecule has 0 saturated carbocycles. The molecule has 1 aliphatic rings. The fourth-order valence-corrected chi connectivity index (χ4v) is 4.29. The zero-order chi connectivity index (χ0) is 14.9. The Morgan fingerprint density at radius 3 is 2.75 bits per heavy atom. The van der Waals surface area contributed by atoms with Crippen molar-refractivity contribution in [1.29, 1.82) is 0 Å². The third-order valence-corrected chi connectivity index (χ3v) is 6.21. The molecule has 0 spiro atoms. The van der Waals surface area contributed by atoms with Crippen LogP contribution in [0.25, 0.3) is 0 Å². The third-order valence-electron chi connectivity index (χ3n) is 3.41. The van der Waals surface area contributed by atoms with E-state index in [0.29, 0.717) is 19.4 Å². The fourth-order valence-electron chi connectivity index (χ4n) is 2.31. The molecule has 1 saturated heterocycles. The van der Waals surface area contributed by atoms with Crippen LogP contribution in [0.2, 0.25) is 0 Å². The first kappa shape index (κ1) is 15.5. The van der Waals surface area contributed by atoms with Crippen molar-refractivity contribution < 1.29 is 17.9 Å². The van der Waals surface area contributed by atoms with Gasteiger partial charge >= 0.3 is 5.97 Å². The number of aryl methyl sites for hydroxylation is 1. The molecule has 0 N–H and O–H groups in total. The standard InChI is InChI=1S/C13H16BrNO4S/c1-9-8-10(5-6-11(9)14)20(17,18)15-7-3-4-12(15)13(16)19-2/h5-6,8,12H,3-4,7H2,1-2H3. The van der Waals surface area contributed by atoms with Crippen LogP contribution < -0.4 is 0 Å². The predicted octanol–water partition coefficient (Wildman–Crippen LogP) is 2.08. The van der Waals surface area contributed by atoms with Gasteiger partial charge in [-0.25, -0.2) is 8.42 Å². The maximum absolute atomic E-state index is 12.6. The molecular formula is C13H16BrNO4S. The van der Waals surface area contributed by atoms with E-state index in [2.05, 4.69) is 20.7 Å². The Hall–Kier alpha value is -0.920. The average molecular weight is 362 g/mol. The molecule has 0 radical (unpaired) electrons. The monoisotopic (exact) mass is 361 g/mol. The highest BCUT2D eigenvalue weighted by molar-refractivity contribution is 9.10. The molecule has 0 bridgehead atoms. The van der Waals surface area contributed by atoms with Crippen molar-refractivity contribution in [2.45, 2.75) is 30.7 Å². The summed E-state index contributed by atoms with van der Waals surface area (Å²) in [6.07, 6.45) is 1.16. The molecule has 1 atom stereocenters. The third kappa shape index (κ3) is 2.75. The van der Waals surface area contributed by atoms with Gasteiger partial charge < -0.3 is 4.74 Å². The second-order valence-corrected chi connectivity index (χ2v) is 7.45. The summed E-state index contributed by atoms with van der Waals surface area (Å²) in [4.78, 5) is 11.9. The van der Waals surface area contributed by atoms with E-state index < -0.39 is 22.0 Å². The van der Waals surface area contributed by atoms with Gasteiger partial charge in [-0.1, -0.05) is 15.9 Å². The number of benzene rings is 1. The molecule has 2 rings (SSSR count). The van der Waals surface area contributed by atoms with Gasteiger partial charge in [0.2, 0.25) is 10.0 Å². The number of sulfonamides is 1. The summed E-state index contributed by atoms with van der Waals surface area (Å²) in [5.41, 5.74) is 0.833. The average Bonchev–Trinajstić information content (AvgIpc) is 2.90. The van der Waals surface area contributed by atoms with Crippen molar-refractivity contribution in [2.75, 3.05) is 13.7 Å². The molecule has 110 valence electrons. The van der Waals surface area contributed by atoms with Crippen molar-refractivity contribution in [3.63, 3.8) is 0 Å². The minimum atomic E-state index is -3.67. The first-order chi connectivity index (χ1) is 9.37. The van der Waals surface area contributed by atoms with E-state index >= 15 is 0 Å². The van der Waals surface area contributed by atoms with Crippen LogP contribution in [0.15, 0.2) is 27.6 Å². The summed E-state index contributed by atoms with van der Waals surface area (Å²) in [6.45, 7) is 2.17. The highest BCUT2D eigenvalue weighted by atomic mass is 79.9. The van der Waals surface area contributed by atoms with Crippen molar-refractivity contribution in [1.82, 2.24) is 4.31 Å². The fraction of sp³-hybridized carbons (Fsp3) is 0.462. The summed E-state index contributed by atoms with van der Waals surface area (Å²) in [6, 6.07) is 4.13. The number of methoxy groups -OCH3 is 1. The van der Waals surface area contributed by atoms with E-state index in [1.807, 2.05) is 6.92 Å². The zero-order valence-electron chi connectivity index (χ0n) is 11.3. The van der Waals surface area contributed by atoms with Gasteiger partial charge in [-0.3, -0.25) is 4.79 Å². The molecule has 1 fully saturated rings. The van der Waals surface area contributed by atoms with Crippen LogP contribution in [0.5, 0.6) is 0 Å². The van der Waals surface area contributed by atoms with Gasteiger partial charge in [-0.2, -0.15) is 4.31 Å². The van der Waals surface area contributed by atoms with Gasteiger partial charge in [0.25, 0.3) is 0 Å². The Bertz CT molecular complexity index is 629. The quantitative estimate of drug-likeness (QED) is 0.773. The van der Waals surface area contributed by atoms with Crippen LogP contribution in [0.1, 0.15) is 18.4 Å². The van der Waals surface area contributed by atoms with Crippen LogP contribution >= 0.6 is 15.9 Å². The Kier molecular flexibility index (Phi) is 4.51. The maximum Gasteiger partial charge on any atom is 0.324 e. The number of ether oxygens (including phenoxy) is 1. The number of carbonyl (C=O) groups excluding carboxylic acids is 1. The lowest BCUT2D eigenvalue weighted by Crippen LogP contribution is -2.41. The molecule has 20 heavy (non-hydrogen) atoms. The van der Waals surface area contributed by atoms with Gasteiger partial charge in [0, 0.05) is 11.0 Å². The molecule has 7 heteroatoms. The number of hydrogen-bond acceptors (Lipinski definition) is 4. The van der Waals surface area contributed by atoms with Crippen LogP contribution in [0, 0.1) is 6.92 Å². The Labute approximate surface area is 127 Å². The Morgan fingerprint density at radius 2 is 2.15 bits per heavy atom. The zero-order valence-corrected chi connectivity index (χ0v) is 13.7. The largest absolute Gasteiger partial charge is 0.468 e. The van der Waals surface area contributed by atoms with Gasteiger partial charge in [-0.05, 0) is 43.5 Å². The Morgan fingerprint density at radius 1 is 1.45 bits per heavy atom. The lowest BCUT2D eigenvalue weighted by atomic mass is 10.2. The second-order valence-electron chi connectivity index (χ2n) is 4.71. The molecule has 1 aromatic carbocycles. The number of nitrogens with zero attached hydrogens (tertiary/aromatic N) is 1. The van der Waals surface area contributed by atoms with E-state index in [0.717, 1.165) is 10.0 Å². The minimum Gasteiger partial charge on any atom is -0.468 e. The summed E-state index contributed by atoms with van der Waals surface area (Å²) < 4.78 is 32.0. The van der Waals surface area contributed by atoms with Crippen molar-refractivity contribution in [2.24, 2.45) is 0 Å². The highest BCUT2D eigenvalue weighted by Gasteiger charge is 2.40. The van der Waals surface area contributed by atoms with Gasteiger partial charge in [0.1, 0.15) is 6.04 Å².